The van der Waals surface area contributed by atoms with Gasteiger partial charge in [-0.05, 0) is 31.9 Å². The fourth-order valence-electron chi connectivity index (χ4n) is 2.14. The fourth-order valence-corrected chi connectivity index (χ4v) is 2.14. The van der Waals surface area contributed by atoms with Gasteiger partial charge >= 0.3 is 0 Å². The van der Waals surface area contributed by atoms with Gasteiger partial charge in [-0.25, -0.2) is 0 Å². The van der Waals surface area contributed by atoms with E-state index in [9.17, 15) is 5.11 Å². The van der Waals surface area contributed by atoms with E-state index >= 15 is 0 Å². The summed E-state index contributed by atoms with van der Waals surface area (Å²) in [4.78, 5) is 2.25. The third-order valence-electron chi connectivity index (χ3n) is 3.56. The number of hydrogen-bond donors (Lipinski definition) is 1. The summed E-state index contributed by atoms with van der Waals surface area (Å²) in [6.07, 6.45) is 0.604. The zero-order valence-corrected chi connectivity index (χ0v) is 12.3. The van der Waals surface area contributed by atoms with Crippen LogP contribution in [0.5, 0.6) is 0 Å². The van der Waals surface area contributed by atoms with Gasteiger partial charge in [-0.2, -0.15) is 5.26 Å². The Hall–Kier alpha value is -1.53. The predicted molar refractivity (Wildman–Crippen MR) is 79.1 cm³/mol. The first kappa shape index (κ1) is 15.5. The van der Waals surface area contributed by atoms with E-state index in [2.05, 4.69) is 31.7 Å². The number of nitriles is 1. The third-order valence-corrected chi connectivity index (χ3v) is 3.56. The van der Waals surface area contributed by atoms with Crippen molar-refractivity contribution in [1.29, 1.82) is 5.26 Å². The minimum atomic E-state index is -0.520. The Morgan fingerprint density at radius 3 is 2.47 bits per heavy atom. The number of aliphatic hydroxyl groups excluding tert-OH is 1. The second kappa shape index (κ2) is 7.16. The molecule has 1 N–H and O–H groups in total. The smallest absolute Gasteiger partial charge is 0.0992 e. The van der Waals surface area contributed by atoms with Crippen LogP contribution < -0.4 is 4.90 Å². The molecule has 19 heavy (non-hydrogen) atoms. The number of aliphatic hydroxyl groups is 1. The van der Waals surface area contributed by atoms with Gasteiger partial charge in [0.2, 0.25) is 0 Å². The van der Waals surface area contributed by atoms with Crippen molar-refractivity contribution >= 4 is 5.69 Å². The Bertz CT molecular complexity index is 449. The van der Waals surface area contributed by atoms with Crippen molar-refractivity contribution in [1.82, 2.24) is 0 Å². The maximum Gasteiger partial charge on any atom is 0.0992 e. The van der Waals surface area contributed by atoms with Gasteiger partial charge in [0.05, 0.1) is 17.7 Å². The van der Waals surface area contributed by atoms with E-state index in [0.717, 1.165) is 30.8 Å². The molecule has 0 aromatic heterocycles. The molecular formula is C16H24N2O. The lowest BCUT2D eigenvalue weighted by Gasteiger charge is -2.29. The SMILES string of the molecule is CCC(C)CN(CC)c1cc(C#N)ccc1[C@@H](C)O. The molecule has 0 radical (unpaired) electrons. The average Bonchev–Trinajstić information content (AvgIpc) is 2.43. The van der Waals surface area contributed by atoms with E-state index in [0.29, 0.717) is 11.5 Å². The van der Waals surface area contributed by atoms with Crippen molar-refractivity contribution < 1.29 is 5.11 Å². The van der Waals surface area contributed by atoms with E-state index in [1.165, 1.54) is 0 Å². The highest BCUT2D eigenvalue weighted by Gasteiger charge is 2.15. The van der Waals surface area contributed by atoms with E-state index in [-0.39, 0.29) is 0 Å². The van der Waals surface area contributed by atoms with Gasteiger partial charge < -0.3 is 10.0 Å². The highest BCUT2D eigenvalue weighted by molar-refractivity contribution is 5.58. The molecule has 1 aromatic rings. The van der Waals surface area contributed by atoms with Crippen molar-refractivity contribution in [2.45, 2.75) is 40.2 Å². The van der Waals surface area contributed by atoms with Crippen LogP contribution in [0, 0.1) is 17.2 Å². The van der Waals surface area contributed by atoms with Crippen LogP contribution >= 0.6 is 0 Å². The van der Waals surface area contributed by atoms with Crippen LogP contribution in [0.25, 0.3) is 0 Å². The first-order valence-electron chi connectivity index (χ1n) is 7.00. The molecule has 104 valence electrons. The largest absolute Gasteiger partial charge is 0.389 e. The second-order valence-corrected chi connectivity index (χ2v) is 5.11. The van der Waals surface area contributed by atoms with Crippen LogP contribution in [0.3, 0.4) is 0 Å². The summed E-state index contributed by atoms with van der Waals surface area (Å²) in [6.45, 7) is 10.1. The maximum atomic E-state index is 9.89. The fraction of sp³-hybridized carbons (Fsp3) is 0.562. The first-order valence-corrected chi connectivity index (χ1v) is 7.00. The van der Waals surface area contributed by atoms with Crippen molar-refractivity contribution in [3.63, 3.8) is 0 Å². The van der Waals surface area contributed by atoms with Crippen LogP contribution in [-0.4, -0.2) is 18.2 Å². The molecule has 0 amide bonds. The van der Waals surface area contributed by atoms with E-state index in [4.69, 9.17) is 5.26 Å². The molecule has 0 aliphatic rings. The first-order chi connectivity index (χ1) is 9.03. The van der Waals surface area contributed by atoms with Gasteiger partial charge in [-0.15, -0.1) is 0 Å². The Morgan fingerprint density at radius 2 is 2.00 bits per heavy atom. The standard InChI is InChI=1S/C16H24N2O/c1-5-12(3)11-18(6-2)16-9-14(10-17)7-8-15(16)13(4)19/h7-9,12-13,19H,5-6,11H2,1-4H3/t12?,13-/m1/s1. The molecule has 0 saturated heterocycles. The molecule has 1 rings (SSSR count). The molecule has 0 bridgehead atoms. The summed E-state index contributed by atoms with van der Waals surface area (Å²) in [6, 6.07) is 7.68. The van der Waals surface area contributed by atoms with Gasteiger partial charge in [-0.3, -0.25) is 0 Å². The number of benzene rings is 1. The lowest BCUT2D eigenvalue weighted by molar-refractivity contribution is 0.199. The molecule has 2 atom stereocenters. The van der Waals surface area contributed by atoms with Crippen LogP contribution in [0.15, 0.2) is 18.2 Å². The van der Waals surface area contributed by atoms with Crippen molar-refractivity contribution in [3.8, 4) is 6.07 Å². The highest BCUT2D eigenvalue weighted by atomic mass is 16.3. The lowest BCUT2D eigenvalue weighted by Crippen LogP contribution is -2.29. The minimum absolute atomic E-state index is 0.520. The molecule has 1 unspecified atom stereocenters. The zero-order chi connectivity index (χ0) is 14.4. The zero-order valence-electron chi connectivity index (χ0n) is 12.3. The van der Waals surface area contributed by atoms with E-state index < -0.39 is 6.10 Å². The molecule has 3 heteroatoms. The summed E-state index contributed by atoms with van der Waals surface area (Å²) in [5.74, 6) is 0.590. The van der Waals surface area contributed by atoms with Gasteiger partial charge in [-0.1, -0.05) is 26.3 Å². The molecule has 0 aliphatic carbocycles. The summed E-state index contributed by atoms with van der Waals surface area (Å²) in [7, 11) is 0. The molecule has 0 fully saturated rings. The Labute approximate surface area is 116 Å². The molecule has 1 aromatic carbocycles. The van der Waals surface area contributed by atoms with Crippen LogP contribution in [0.2, 0.25) is 0 Å². The number of nitrogens with zero attached hydrogens (tertiary/aromatic N) is 2. The molecular weight excluding hydrogens is 236 g/mol. The lowest BCUT2D eigenvalue weighted by atomic mass is 10.0. The molecule has 0 heterocycles. The van der Waals surface area contributed by atoms with E-state index in [1.54, 1.807) is 13.0 Å². The maximum absolute atomic E-state index is 9.89. The quantitative estimate of drug-likeness (QED) is 0.851. The topological polar surface area (TPSA) is 47.3 Å². The predicted octanol–water partition coefficient (Wildman–Crippen LogP) is 3.48. The summed E-state index contributed by atoms with van der Waals surface area (Å²) < 4.78 is 0. The van der Waals surface area contributed by atoms with Crippen LogP contribution in [0.4, 0.5) is 5.69 Å². The molecule has 0 saturated carbocycles. The average molecular weight is 260 g/mol. The second-order valence-electron chi connectivity index (χ2n) is 5.11. The molecule has 0 spiro atoms. The van der Waals surface area contributed by atoms with Gasteiger partial charge in [0, 0.05) is 24.3 Å². The van der Waals surface area contributed by atoms with Crippen LogP contribution in [-0.2, 0) is 0 Å². The normalized spacial score (nSPS) is 13.7. The van der Waals surface area contributed by atoms with Gasteiger partial charge in [0.1, 0.15) is 0 Å². The highest BCUT2D eigenvalue weighted by Crippen LogP contribution is 2.28. The summed E-state index contributed by atoms with van der Waals surface area (Å²) in [5, 5.41) is 18.9. The number of anilines is 1. The van der Waals surface area contributed by atoms with Gasteiger partial charge in [0.25, 0.3) is 0 Å². The monoisotopic (exact) mass is 260 g/mol. The van der Waals surface area contributed by atoms with Crippen molar-refractivity contribution in [3.05, 3.63) is 29.3 Å². The van der Waals surface area contributed by atoms with Crippen LogP contribution in [0.1, 0.15) is 51.3 Å². The third kappa shape index (κ3) is 3.97. The Kier molecular flexibility index (Phi) is 5.85. The number of hydrogen-bond acceptors (Lipinski definition) is 3. The van der Waals surface area contributed by atoms with Crippen molar-refractivity contribution in [2.75, 3.05) is 18.0 Å². The minimum Gasteiger partial charge on any atom is -0.389 e. The molecule has 0 aliphatic heterocycles. The number of rotatable bonds is 6. The van der Waals surface area contributed by atoms with E-state index in [1.807, 2.05) is 12.1 Å². The summed E-state index contributed by atoms with van der Waals surface area (Å²) >= 11 is 0. The Morgan fingerprint density at radius 1 is 1.32 bits per heavy atom. The van der Waals surface area contributed by atoms with Gasteiger partial charge in [0.15, 0.2) is 0 Å². The van der Waals surface area contributed by atoms with Crippen molar-refractivity contribution in [2.24, 2.45) is 5.92 Å². The molecule has 3 nitrogen and oxygen atoms in total. The Balaban J connectivity index is 3.16. The summed E-state index contributed by atoms with van der Waals surface area (Å²) in [5.41, 5.74) is 2.52.